The number of aromatic nitrogens is 4. The van der Waals surface area contributed by atoms with Gasteiger partial charge in [-0.1, -0.05) is 6.42 Å². The Kier molecular flexibility index (Phi) is 6.32. The lowest BCUT2D eigenvalue weighted by Crippen LogP contribution is -2.53. The number of carbonyl (C=O) groups excluding carboxylic acids is 2. The average Bonchev–Trinajstić information content (AvgIpc) is 3.04. The molecule has 0 unspecified atom stereocenters. The quantitative estimate of drug-likeness (QED) is 0.699. The molecule has 33 heavy (non-hydrogen) atoms. The standard InChI is InChI=1S/C23H33N7O3/c1-2-33-23(32)28-13-11-27(12-14-28)22(31)17-7-6-9-29(15-17)20-19-21(25-16-24-20)30-10-5-3-4-8-18(30)26-19/h16-17H,2-15H2,1H3/t17-/m0/s1. The van der Waals surface area contributed by atoms with Crippen molar-refractivity contribution in [2.24, 2.45) is 5.92 Å². The molecule has 0 radical (unpaired) electrons. The molecule has 2 saturated heterocycles. The van der Waals surface area contributed by atoms with Crippen LogP contribution in [0.15, 0.2) is 6.33 Å². The van der Waals surface area contributed by atoms with E-state index in [0.29, 0.717) is 39.3 Å². The lowest BCUT2D eigenvalue weighted by atomic mass is 9.96. The third-order valence-corrected chi connectivity index (χ3v) is 7.06. The number of imidazole rings is 1. The zero-order chi connectivity index (χ0) is 22.8. The van der Waals surface area contributed by atoms with Crippen molar-refractivity contribution in [1.82, 2.24) is 29.3 Å². The summed E-state index contributed by atoms with van der Waals surface area (Å²) in [5.74, 6) is 2.06. The summed E-state index contributed by atoms with van der Waals surface area (Å²) in [6, 6.07) is 0. The van der Waals surface area contributed by atoms with Crippen LogP contribution in [0.1, 0.15) is 44.9 Å². The monoisotopic (exact) mass is 455 g/mol. The molecule has 2 fully saturated rings. The molecule has 3 aliphatic rings. The van der Waals surface area contributed by atoms with Gasteiger partial charge in [-0.25, -0.2) is 19.7 Å². The second-order valence-corrected chi connectivity index (χ2v) is 9.16. The van der Waals surface area contributed by atoms with E-state index in [1.165, 1.54) is 6.42 Å². The number of hydrogen-bond donors (Lipinski definition) is 0. The van der Waals surface area contributed by atoms with Crippen LogP contribution in [-0.2, 0) is 22.5 Å². The molecule has 2 aromatic rings. The molecule has 1 atom stereocenters. The van der Waals surface area contributed by atoms with Crippen LogP contribution < -0.4 is 4.90 Å². The van der Waals surface area contributed by atoms with Crippen molar-refractivity contribution in [2.75, 3.05) is 50.8 Å². The molecule has 10 nitrogen and oxygen atoms in total. The zero-order valence-electron chi connectivity index (χ0n) is 19.4. The van der Waals surface area contributed by atoms with Gasteiger partial charge in [0.05, 0.1) is 12.5 Å². The molecule has 5 heterocycles. The Bertz CT molecular complexity index is 1010. The van der Waals surface area contributed by atoms with Crippen molar-refractivity contribution >= 4 is 29.0 Å². The molecule has 0 bridgehead atoms. The summed E-state index contributed by atoms with van der Waals surface area (Å²) in [5.41, 5.74) is 1.78. The van der Waals surface area contributed by atoms with Gasteiger partial charge in [0, 0.05) is 52.2 Å². The van der Waals surface area contributed by atoms with Crippen LogP contribution >= 0.6 is 0 Å². The van der Waals surface area contributed by atoms with Crippen LogP contribution in [0, 0.1) is 5.92 Å². The summed E-state index contributed by atoms with van der Waals surface area (Å²) >= 11 is 0. The summed E-state index contributed by atoms with van der Waals surface area (Å²) in [6.45, 7) is 6.80. The van der Waals surface area contributed by atoms with Crippen LogP contribution in [0.2, 0.25) is 0 Å². The predicted octanol–water partition coefficient (Wildman–Crippen LogP) is 2.07. The Balaban J connectivity index is 1.28. The molecule has 178 valence electrons. The lowest BCUT2D eigenvalue weighted by Gasteiger charge is -2.38. The van der Waals surface area contributed by atoms with Gasteiger partial charge in [-0.05, 0) is 32.6 Å². The Morgan fingerprint density at radius 2 is 1.82 bits per heavy atom. The summed E-state index contributed by atoms with van der Waals surface area (Å²) in [6.07, 6.45) is 7.69. The maximum absolute atomic E-state index is 13.3. The Morgan fingerprint density at radius 3 is 2.64 bits per heavy atom. The SMILES string of the molecule is CCOC(=O)N1CCN(C(=O)[C@H]2CCCN(c3ncnc4c3nc3n4CCCCC3)C2)CC1. The number of rotatable bonds is 3. The second-order valence-electron chi connectivity index (χ2n) is 9.16. The van der Waals surface area contributed by atoms with E-state index in [-0.39, 0.29) is 17.9 Å². The third-order valence-electron chi connectivity index (χ3n) is 7.06. The van der Waals surface area contributed by atoms with Gasteiger partial charge in [-0.15, -0.1) is 0 Å². The third kappa shape index (κ3) is 4.35. The highest BCUT2D eigenvalue weighted by atomic mass is 16.6. The molecule has 2 amide bonds. The van der Waals surface area contributed by atoms with Gasteiger partial charge < -0.3 is 24.0 Å². The van der Waals surface area contributed by atoms with Crippen molar-refractivity contribution in [1.29, 1.82) is 0 Å². The first-order chi connectivity index (χ1) is 16.2. The van der Waals surface area contributed by atoms with E-state index in [1.54, 1.807) is 18.2 Å². The molecule has 2 aromatic heterocycles. The number of amides is 2. The Morgan fingerprint density at radius 1 is 1.00 bits per heavy atom. The summed E-state index contributed by atoms with van der Waals surface area (Å²) in [4.78, 5) is 45.2. The minimum atomic E-state index is -0.292. The van der Waals surface area contributed by atoms with Gasteiger partial charge in [-0.3, -0.25) is 4.79 Å². The summed E-state index contributed by atoms with van der Waals surface area (Å²) in [5, 5.41) is 0. The van der Waals surface area contributed by atoms with Crippen LogP contribution in [0.25, 0.3) is 11.2 Å². The zero-order valence-corrected chi connectivity index (χ0v) is 19.4. The first-order valence-corrected chi connectivity index (χ1v) is 12.3. The van der Waals surface area contributed by atoms with Crippen molar-refractivity contribution in [3.63, 3.8) is 0 Å². The number of hydrogen-bond acceptors (Lipinski definition) is 7. The first kappa shape index (κ1) is 21.9. The molecule has 0 N–H and O–H groups in total. The fourth-order valence-electron chi connectivity index (χ4n) is 5.31. The molecule has 0 saturated carbocycles. The van der Waals surface area contributed by atoms with E-state index in [9.17, 15) is 9.59 Å². The number of nitrogens with zero attached hydrogens (tertiary/aromatic N) is 7. The van der Waals surface area contributed by atoms with Crippen LogP contribution in [0.4, 0.5) is 10.6 Å². The minimum Gasteiger partial charge on any atom is -0.450 e. The fourth-order valence-corrected chi connectivity index (χ4v) is 5.31. The molecular weight excluding hydrogens is 422 g/mol. The van der Waals surface area contributed by atoms with E-state index < -0.39 is 0 Å². The highest BCUT2D eigenvalue weighted by molar-refractivity contribution is 5.85. The summed E-state index contributed by atoms with van der Waals surface area (Å²) in [7, 11) is 0. The maximum atomic E-state index is 13.3. The van der Waals surface area contributed by atoms with Crippen molar-refractivity contribution < 1.29 is 14.3 Å². The first-order valence-electron chi connectivity index (χ1n) is 12.3. The molecule has 10 heteroatoms. The van der Waals surface area contributed by atoms with E-state index >= 15 is 0 Å². The highest BCUT2D eigenvalue weighted by Gasteiger charge is 2.33. The molecule has 0 spiro atoms. The van der Waals surface area contributed by atoms with Crippen molar-refractivity contribution in [2.45, 2.75) is 52.0 Å². The van der Waals surface area contributed by atoms with Gasteiger partial charge in [0.25, 0.3) is 0 Å². The van der Waals surface area contributed by atoms with Crippen molar-refractivity contribution in [3.05, 3.63) is 12.2 Å². The van der Waals surface area contributed by atoms with E-state index in [4.69, 9.17) is 9.72 Å². The van der Waals surface area contributed by atoms with Gasteiger partial charge in [-0.2, -0.15) is 0 Å². The highest BCUT2D eigenvalue weighted by Crippen LogP contribution is 2.30. The maximum Gasteiger partial charge on any atom is 0.409 e. The van der Waals surface area contributed by atoms with Crippen LogP contribution in [0.5, 0.6) is 0 Å². The smallest absolute Gasteiger partial charge is 0.409 e. The van der Waals surface area contributed by atoms with E-state index in [2.05, 4.69) is 19.4 Å². The summed E-state index contributed by atoms with van der Waals surface area (Å²) < 4.78 is 7.34. The average molecular weight is 456 g/mol. The Labute approximate surface area is 193 Å². The number of anilines is 1. The van der Waals surface area contributed by atoms with Gasteiger partial charge in [0.1, 0.15) is 12.2 Å². The van der Waals surface area contributed by atoms with E-state index in [1.807, 2.05) is 4.90 Å². The molecule has 0 aliphatic carbocycles. The molecule has 3 aliphatic heterocycles. The van der Waals surface area contributed by atoms with Crippen molar-refractivity contribution in [3.8, 4) is 0 Å². The van der Waals surface area contributed by atoms with E-state index in [0.717, 1.165) is 68.0 Å². The normalized spacial score (nSPS) is 21.6. The number of carbonyl (C=O) groups is 2. The number of piperidine rings is 1. The topological polar surface area (TPSA) is 96.7 Å². The molecule has 0 aromatic carbocycles. The number of aryl methyl sites for hydroxylation is 2. The minimum absolute atomic E-state index is 0.0710. The second kappa shape index (κ2) is 9.52. The number of fused-ring (bicyclic) bond motifs is 3. The van der Waals surface area contributed by atoms with Crippen LogP contribution in [0.3, 0.4) is 0 Å². The fraction of sp³-hybridized carbons (Fsp3) is 0.696. The van der Waals surface area contributed by atoms with Gasteiger partial charge >= 0.3 is 6.09 Å². The largest absolute Gasteiger partial charge is 0.450 e. The lowest BCUT2D eigenvalue weighted by molar-refractivity contribution is -0.137. The van der Waals surface area contributed by atoms with Gasteiger partial charge in [0.15, 0.2) is 17.0 Å². The number of piperazine rings is 1. The van der Waals surface area contributed by atoms with Gasteiger partial charge in [0.2, 0.25) is 5.91 Å². The Hall–Kier alpha value is -2.91. The van der Waals surface area contributed by atoms with Crippen LogP contribution in [-0.4, -0.2) is 87.2 Å². The molecule has 5 rings (SSSR count). The number of ether oxygens (including phenoxy) is 1. The predicted molar refractivity (Wildman–Crippen MR) is 123 cm³/mol. The molecular formula is C23H33N7O3.